The van der Waals surface area contributed by atoms with Crippen LogP contribution >= 0.6 is 11.3 Å². The topological polar surface area (TPSA) is 109 Å². The quantitative estimate of drug-likeness (QED) is 0.286. The Kier molecular flexibility index (Phi) is 6.15. The number of fused-ring (bicyclic) bond motifs is 4. The molecular weight excluding hydrogens is 518 g/mol. The van der Waals surface area contributed by atoms with Crippen molar-refractivity contribution in [2.45, 2.75) is 27.1 Å². The number of aryl methyl sites for hydroxylation is 3. The standard InChI is InChI=1S/C28H25N5O5S/c1-14-7-18(24-19(8-14)31-21(35-5)12-30-24)27-32-23-16(3)9-20-25(26(23)39-27)36-13-22(37-20)38-28(34)33(4)17-6-15(2)10-29-11-17/h6-12,22H,13H2,1-5H3/t22-/m1/s1. The van der Waals surface area contributed by atoms with Crippen molar-refractivity contribution in [3.05, 3.63) is 59.5 Å². The van der Waals surface area contributed by atoms with Crippen LogP contribution in [0.1, 0.15) is 16.7 Å². The monoisotopic (exact) mass is 543 g/mol. The first-order chi connectivity index (χ1) is 18.8. The Bertz CT molecular complexity index is 1750. The minimum absolute atomic E-state index is 0.0443. The fourth-order valence-electron chi connectivity index (χ4n) is 4.44. The first-order valence-corrected chi connectivity index (χ1v) is 13.0. The van der Waals surface area contributed by atoms with Gasteiger partial charge in [0.05, 0.1) is 41.7 Å². The number of nitrogens with zero attached hydrogens (tertiary/aromatic N) is 5. The third kappa shape index (κ3) is 4.54. The van der Waals surface area contributed by atoms with Gasteiger partial charge in [0.25, 0.3) is 6.29 Å². The van der Waals surface area contributed by atoms with Crippen LogP contribution in [-0.4, -0.2) is 53.1 Å². The van der Waals surface area contributed by atoms with Crippen molar-refractivity contribution in [2.24, 2.45) is 0 Å². The van der Waals surface area contributed by atoms with Gasteiger partial charge in [-0.1, -0.05) is 0 Å². The van der Waals surface area contributed by atoms with Crippen LogP contribution in [0.15, 0.2) is 42.9 Å². The van der Waals surface area contributed by atoms with Crippen molar-refractivity contribution in [3.63, 3.8) is 0 Å². The van der Waals surface area contributed by atoms with Gasteiger partial charge in [0.2, 0.25) is 5.88 Å². The average Bonchev–Trinajstić information content (AvgIpc) is 3.38. The van der Waals surface area contributed by atoms with Crippen LogP contribution in [0.25, 0.3) is 31.8 Å². The van der Waals surface area contributed by atoms with Gasteiger partial charge >= 0.3 is 6.09 Å². The summed E-state index contributed by atoms with van der Waals surface area (Å²) in [5, 5.41) is 0.792. The highest BCUT2D eigenvalue weighted by Crippen LogP contribution is 2.46. The van der Waals surface area contributed by atoms with Crippen molar-refractivity contribution < 1.29 is 23.7 Å². The Balaban J connectivity index is 1.30. The molecule has 2 aromatic carbocycles. The number of pyridine rings is 1. The molecule has 4 heterocycles. The summed E-state index contributed by atoms with van der Waals surface area (Å²) in [5.41, 5.74) is 6.68. The lowest BCUT2D eigenvalue weighted by atomic mass is 10.1. The van der Waals surface area contributed by atoms with Crippen molar-refractivity contribution in [1.82, 2.24) is 19.9 Å². The third-order valence-electron chi connectivity index (χ3n) is 6.36. The normalized spacial score (nSPS) is 14.4. The molecule has 0 radical (unpaired) electrons. The molecule has 1 amide bonds. The Labute approximate surface area is 228 Å². The van der Waals surface area contributed by atoms with Crippen LogP contribution in [0.4, 0.5) is 10.5 Å². The molecule has 5 aromatic rings. The molecule has 1 aliphatic rings. The summed E-state index contributed by atoms with van der Waals surface area (Å²) in [7, 11) is 3.19. The zero-order chi connectivity index (χ0) is 27.3. The first-order valence-electron chi connectivity index (χ1n) is 12.2. The maximum absolute atomic E-state index is 12.8. The number of carbonyl (C=O) groups excluding carboxylic acids is 1. The fraction of sp³-hybridized carbons (Fsp3) is 0.250. The zero-order valence-electron chi connectivity index (χ0n) is 22.0. The number of rotatable bonds is 4. The first kappa shape index (κ1) is 24.8. The third-order valence-corrected chi connectivity index (χ3v) is 7.45. The number of aromatic nitrogens is 4. The van der Waals surface area contributed by atoms with E-state index in [1.54, 1.807) is 32.7 Å². The molecule has 0 saturated heterocycles. The van der Waals surface area contributed by atoms with E-state index in [1.165, 1.54) is 16.2 Å². The molecular formula is C28H25N5O5S. The summed E-state index contributed by atoms with van der Waals surface area (Å²) >= 11 is 1.49. The fourth-order valence-corrected chi connectivity index (χ4v) is 5.59. The van der Waals surface area contributed by atoms with Crippen LogP contribution in [0.3, 0.4) is 0 Å². The second-order valence-electron chi connectivity index (χ2n) is 9.33. The number of thiazole rings is 1. The molecule has 0 aliphatic carbocycles. The number of carbonyl (C=O) groups is 1. The predicted octanol–water partition coefficient (Wildman–Crippen LogP) is 5.61. The van der Waals surface area contributed by atoms with E-state index in [1.807, 2.05) is 39.0 Å². The number of methoxy groups -OCH3 is 1. The summed E-state index contributed by atoms with van der Waals surface area (Å²) in [6.45, 7) is 5.92. The van der Waals surface area contributed by atoms with Gasteiger partial charge in [0, 0.05) is 18.8 Å². The highest BCUT2D eigenvalue weighted by Gasteiger charge is 2.30. The molecule has 39 heavy (non-hydrogen) atoms. The van der Waals surface area contributed by atoms with E-state index in [2.05, 4.69) is 21.0 Å². The van der Waals surface area contributed by atoms with Gasteiger partial charge in [-0.2, -0.15) is 0 Å². The zero-order valence-corrected chi connectivity index (χ0v) is 22.8. The van der Waals surface area contributed by atoms with Crippen LogP contribution < -0.4 is 19.1 Å². The second-order valence-corrected chi connectivity index (χ2v) is 10.3. The lowest BCUT2D eigenvalue weighted by Crippen LogP contribution is -2.38. The molecule has 0 bridgehead atoms. The molecule has 10 nitrogen and oxygen atoms in total. The van der Waals surface area contributed by atoms with Gasteiger partial charge in [0.15, 0.2) is 18.1 Å². The number of amides is 1. The van der Waals surface area contributed by atoms with Crippen molar-refractivity contribution in [1.29, 1.82) is 0 Å². The van der Waals surface area contributed by atoms with E-state index >= 15 is 0 Å². The number of anilines is 1. The molecule has 0 saturated carbocycles. The predicted molar refractivity (Wildman–Crippen MR) is 148 cm³/mol. The number of hydrogen-bond acceptors (Lipinski definition) is 10. The lowest BCUT2D eigenvalue weighted by molar-refractivity contribution is -0.0718. The average molecular weight is 544 g/mol. The second kappa shape index (κ2) is 9.66. The molecule has 1 aliphatic heterocycles. The molecule has 0 unspecified atom stereocenters. The highest BCUT2D eigenvalue weighted by atomic mass is 32.1. The van der Waals surface area contributed by atoms with E-state index in [-0.39, 0.29) is 6.61 Å². The summed E-state index contributed by atoms with van der Waals surface area (Å²) in [4.78, 5) is 32.4. The van der Waals surface area contributed by atoms with Crippen molar-refractivity contribution >= 4 is 44.4 Å². The van der Waals surface area contributed by atoms with Gasteiger partial charge in [-0.05, 0) is 61.7 Å². The van der Waals surface area contributed by atoms with Gasteiger partial charge in [-0.3, -0.25) is 9.88 Å². The van der Waals surface area contributed by atoms with Gasteiger partial charge in [0.1, 0.15) is 9.71 Å². The SMILES string of the molecule is COc1cnc2c(-c3nc4c(C)cc5c(c4s3)OC[C@@H](OC(=O)N(C)c3cncc(C)c3)O5)cc(C)cc2n1. The summed E-state index contributed by atoms with van der Waals surface area (Å²) in [6.07, 6.45) is 3.45. The van der Waals surface area contributed by atoms with E-state index in [0.717, 1.165) is 48.5 Å². The molecule has 3 aromatic heterocycles. The minimum Gasteiger partial charge on any atom is -0.480 e. The summed E-state index contributed by atoms with van der Waals surface area (Å²) in [6, 6.07) is 7.73. The van der Waals surface area contributed by atoms with E-state index in [4.69, 9.17) is 23.9 Å². The molecule has 11 heteroatoms. The van der Waals surface area contributed by atoms with Gasteiger partial charge in [-0.15, -0.1) is 11.3 Å². The number of hydrogen-bond donors (Lipinski definition) is 0. The van der Waals surface area contributed by atoms with Gasteiger partial charge < -0.3 is 18.9 Å². The maximum atomic E-state index is 12.8. The molecule has 198 valence electrons. The Morgan fingerprint density at radius 1 is 1.05 bits per heavy atom. The van der Waals surface area contributed by atoms with Crippen molar-refractivity contribution in [2.75, 3.05) is 25.7 Å². The maximum Gasteiger partial charge on any atom is 0.417 e. The van der Waals surface area contributed by atoms with E-state index < -0.39 is 12.4 Å². The number of ether oxygens (including phenoxy) is 4. The molecule has 0 fully saturated rings. The highest BCUT2D eigenvalue weighted by molar-refractivity contribution is 7.22. The minimum atomic E-state index is -0.902. The number of benzene rings is 2. The van der Waals surface area contributed by atoms with Crippen LogP contribution in [0, 0.1) is 20.8 Å². The Morgan fingerprint density at radius 3 is 2.69 bits per heavy atom. The van der Waals surface area contributed by atoms with Crippen molar-refractivity contribution in [3.8, 4) is 28.0 Å². The lowest BCUT2D eigenvalue weighted by Gasteiger charge is -2.28. The van der Waals surface area contributed by atoms with Crippen LogP contribution in [-0.2, 0) is 4.74 Å². The molecule has 0 spiro atoms. The van der Waals surface area contributed by atoms with Gasteiger partial charge in [-0.25, -0.2) is 19.7 Å². The summed E-state index contributed by atoms with van der Waals surface area (Å²) < 4.78 is 23.8. The van der Waals surface area contributed by atoms with E-state index in [0.29, 0.717) is 23.1 Å². The van der Waals surface area contributed by atoms with Crippen LogP contribution in [0.5, 0.6) is 17.4 Å². The summed E-state index contributed by atoms with van der Waals surface area (Å²) in [5.74, 6) is 1.53. The Hall–Kier alpha value is -4.51. The largest absolute Gasteiger partial charge is 0.480 e. The smallest absolute Gasteiger partial charge is 0.417 e. The van der Waals surface area contributed by atoms with Crippen LogP contribution in [0.2, 0.25) is 0 Å². The molecule has 6 rings (SSSR count). The van der Waals surface area contributed by atoms with E-state index in [9.17, 15) is 4.79 Å². The Morgan fingerprint density at radius 2 is 1.90 bits per heavy atom. The molecule has 0 N–H and O–H groups in total. The molecule has 1 atom stereocenters.